The SMILES string of the molecule is Fc1ccc(-n2cc3cc(Cl)ccc3n2)cc1Cl. The van der Waals surface area contributed by atoms with Gasteiger partial charge in [-0.15, -0.1) is 0 Å². The molecule has 0 aliphatic heterocycles. The van der Waals surface area contributed by atoms with Gasteiger partial charge in [-0.1, -0.05) is 23.2 Å². The first kappa shape index (κ1) is 11.5. The minimum absolute atomic E-state index is 0.0742. The van der Waals surface area contributed by atoms with Crippen LogP contribution in [-0.2, 0) is 0 Å². The van der Waals surface area contributed by atoms with Gasteiger partial charge in [0.1, 0.15) is 5.82 Å². The molecule has 0 amide bonds. The number of hydrogen-bond donors (Lipinski definition) is 0. The first-order valence-electron chi connectivity index (χ1n) is 5.24. The van der Waals surface area contributed by atoms with Gasteiger partial charge in [0.05, 0.1) is 16.2 Å². The number of nitrogens with zero attached hydrogens (tertiary/aromatic N) is 2. The van der Waals surface area contributed by atoms with Gasteiger partial charge in [0.25, 0.3) is 0 Å². The van der Waals surface area contributed by atoms with Crippen LogP contribution >= 0.6 is 23.2 Å². The van der Waals surface area contributed by atoms with E-state index in [1.165, 1.54) is 12.1 Å². The molecule has 0 saturated heterocycles. The van der Waals surface area contributed by atoms with Crippen molar-refractivity contribution < 1.29 is 4.39 Å². The van der Waals surface area contributed by atoms with E-state index in [9.17, 15) is 4.39 Å². The second kappa shape index (κ2) is 4.26. The Morgan fingerprint density at radius 1 is 1.06 bits per heavy atom. The third kappa shape index (κ3) is 1.96. The average Bonchev–Trinajstić information content (AvgIpc) is 2.75. The van der Waals surface area contributed by atoms with E-state index in [0.29, 0.717) is 10.7 Å². The van der Waals surface area contributed by atoms with Gasteiger partial charge in [0.15, 0.2) is 0 Å². The Labute approximate surface area is 113 Å². The van der Waals surface area contributed by atoms with Crippen molar-refractivity contribution in [3.8, 4) is 5.69 Å². The van der Waals surface area contributed by atoms with Crippen LogP contribution in [0.15, 0.2) is 42.6 Å². The van der Waals surface area contributed by atoms with Crippen molar-refractivity contribution in [3.05, 3.63) is 58.5 Å². The summed E-state index contributed by atoms with van der Waals surface area (Å²) in [6.07, 6.45) is 1.82. The minimum Gasteiger partial charge on any atom is -0.240 e. The molecule has 0 atom stereocenters. The predicted octanol–water partition coefficient (Wildman–Crippen LogP) is 4.47. The molecule has 5 heteroatoms. The Balaban J connectivity index is 2.16. The van der Waals surface area contributed by atoms with Crippen molar-refractivity contribution in [2.75, 3.05) is 0 Å². The summed E-state index contributed by atoms with van der Waals surface area (Å²) in [6.45, 7) is 0. The molecule has 3 aromatic rings. The molecular weight excluding hydrogens is 274 g/mol. The predicted molar refractivity (Wildman–Crippen MR) is 71.0 cm³/mol. The van der Waals surface area contributed by atoms with E-state index in [1.807, 2.05) is 18.3 Å². The Kier molecular flexibility index (Phi) is 2.73. The monoisotopic (exact) mass is 280 g/mol. The van der Waals surface area contributed by atoms with E-state index in [1.54, 1.807) is 16.8 Å². The lowest BCUT2D eigenvalue weighted by atomic mass is 10.2. The minimum atomic E-state index is -0.444. The highest BCUT2D eigenvalue weighted by molar-refractivity contribution is 6.31. The van der Waals surface area contributed by atoms with Crippen LogP contribution in [0.1, 0.15) is 0 Å². The lowest BCUT2D eigenvalue weighted by Crippen LogP contribution is -1.94. The van der Waals surface area contributed by atoms with Crippen LogP contribution in [0.3, 0.4) is 0 Å². The molecule has 0 N–H and O–H groups in total. The van der Waals surface area contributed by atoms with Gasteiger partial charge in [-0.05, 0) is 36.4 Å². The second-order valence-electron chi connectivity index (χ2n) is 3.88. The highest BCUT2D eigenvalue weighted by Crippen LogP contribution is 2.22. The molecular formula is C13H7Cl2FN2. The summed E-state index contributed by atoms with van der Waals surface area (Å²) in [5.74, 6) is -0.444. The Morgan fingerprint density at radius 3 is 2.67 bits per heavy atom. The van der Waals surface area contributed by atoms with Crippen LogP contribution in [0.5, 0.6) is 0 Å². The normalized spacial score (nSPS) is 11.1. The largest absolute Gasteiger partial charge is 0.240 e. The number of benzene rings is 2. The van der Waals surface area contributed by atoms with Gasteiger partial charge in [-0.3, -0.25) is 0 Å². The van der Waals surface area contributed by atoms with E-state index in [4.69, 9.17) is 23.2 Å². The van der Waals surface area contributed by atoms with E-state index in [0.717, 1.165) is 10.9 Å². The van der Waals surface area contributed by atoms with Gasteiger partial charge < -0.3 is 0 Å². The maximum Gasteiger partial charge on any atom is 0.141 e. The summed E-state index contributed by atoms with van der Waals surface area (Å²) in [6, 6.07) is 9.90. The van der Waals surface area contributed by atoms with Crippen LogP contribution in [0.25, 0.3) is 16.6 Å². The highest BCUT2D eigenvalue weighted by atomic mass is 35.5. The van der Waals surface area contributed by atoms with Crippen LogP contribution < -0.4 is 0 Å². The Hall–Kier alpha value is -1.58. The molecule has 1 aromatic heterocycles. The molecule has 0 radical (unpaired) electrons. The first-order valence-corrected chi connectivity index (χ1v) is 5.99. The molecule has 0 fully saturated rings. The van der Waals surface area contributed by atoms with Crippen molar-refractivity contribution in [1.29, 1.82) is 0 Å². The van der Waals surface area contributed by atoms with E-state index < -0.39 is 5.82 Å². The molecule has 0 unspecified atom stereocenters. The van der Waals surface area contributed by atoms with Crippen molar-refractivity contribution in [1.82, 2.24) is 9.78 Å². The van der Waals surface area contributed by atoms with Crippen LogP contribution in [-0.4, -0.2) is 9.78 Å². The van der Waals surface area contributed by atoms with Gasteiger partial charge >= 0.3 is 0 Å². The second-order valence-corrected chi connectivity index (χ2v) is 4.72. The summed E-state index contributed by atoms with van der Waals surface area (Å²) in [5.41, 5.74) is 1.52. The number of fused-ring (bicyclic) bond motifs is 1. The maximum atomic E-state index is 13.1. The lowest BCUT2D eigenvalue weighted by molar-refractivity contribution is 0.627. The van der Waals surface area contributed by atoms with Crippen molar-refractivity contribution in [2.45, 2.75) is 0 Å². The van der Waals surface area contributed by atoms with Crippen molar-refractivity contribution in [2.24, 2.45) is 0 Å². The molecule has 2 aromatic carbocycles. The molecule has 90 valence electrons. The maximum absolute atomic E-state index is 13.1. The Morgan fingerprint density at radius 2 is 1.89 bits per heavy atom. The standard InChI is InChI=1S/C13H7Cl2FN2/c14-9-1-4-13-8(5-9)7-18(17-13)10-2-3-12(16)11(15)6-10/h1-7H. The fourth-order valence-electron chi connectivity index (χ4n) is 1.76. The molecule has 0 spiro atoms. The smallest absolute Gasteiger partial charge is 0.141 e. The summed E-state index contributed by atoms with van der Waals surface area (Å²) in [7, 11) is 0. The van der Waals surface area contributed by atoms with Gasteiger partial charge in [0.2, 0.25) is 0 Å². The topological polar surface area (TPSA) is 17.8 Å². The average molecular weight is 281 g/mol. The fraction of sp³-hybridized carbons (Fsp3) is 0. The Bertz CT molecular complexity index is 737. The van der Waals surface area contributed by atoms with Crippen molar-refractivity contribution in [3.63, 3.8) is 0 Å². The van der Waals surface area contributed by atoms with E-state index >= 15 is 0 Å². The van der Waals surface area contributed by atoms with E-state index in [2.05, 4.69) is 5.10 Å². The first-order chi connectivity index (χ1) is 8.63. The lowest BCUT2D eigenvalue weighted by Gasteiger charge is -2.01. The molecule has 2 nitrogen and oxygen atoms in total. The summed E-state index contributed by atoms with van der Waals surface area (Å²) < 4.78 is 14.7. The zero-order valence-electron chi connectivity index (χ0n) is 9.07. The summed E-state index contributed by atoms with van der Waals surface area (Å²) in [5, 5.41) is 6.02. The number of hydrogen-bond acceptors (Lipinski definition) is 1. The van der Waals surface area contributed by atoms with Gasteiger partial charge in [-0.25, -0.2) is 9.07 Å². The zero-order valence-corrected chi connectivity index (χ0v) is 10.6. The molecule has 0 aliphatic carbocycles. The highest BCUT2D eigenvalue weighted by Gasteiger charge is 2.06. The molecule has 18 heavy (non-hydrogen) atoms. The fourth-order valence-corrected chi connectivity index (χ4v) is 2.11. The molecule has 0 bridgehead atoms. The third-order valence-corrected chi connectivity index (χ3v) is 3.16. The summed E-state index contributed by atoms with van der Waals surface area (Å²) >= 11 is 11.7. The van der Waals surface area contributed by atoms with Gasteiger partial charge in [-0.2, -0.15) is 5.10 Å². The van der Waals surface area contributed by atoms with E-state index in [-0.39, 0.29) is 5.02 Å². The van der Waals surface area contributed by atoms with Crippen LogP contribution in [0.4, 0.5) is 4.39 Å². The van der Waals surface area contributed by atoms with Crippen LogP contribution in [0, 0.1) is 5.82 Å². The third-order valence-electron chi connectivity index (χ3n) is 2.63. The van der Waals surface area contributed by atoms with Crippen LogP contribution in [0.2, 0.25) is 10.0 Å². The zero-order chi connectivity index (χ0) is 12.7. The number of halogens is 3. The van der Waals surface area contributed by atoms with Crippen molar-refractivity contribution >= 4 is 34.1 Å². The number of aromatic nitrogens is 2. The summed E-state index contributed by atoms with van der Waals surface area (Å²) in [4.78, 5) is 0. The quantitative estimate of drug-likeness (QED) is 0.643. The molecule has 1 heterocycles. The number of rotatable bonds is 1. The molecule has 0 saturated carbocycles. The molecule has 0 aliphatic rings. The van der Waals surface area contributed by atoms with Gasteiger partial charge in [0, 0.05) is 16.6 Å². The molecule has 3 rings (SSSR count).